The zero-order valence-corrected chi connectivity index (χ0v) is 11.5. The van der Waals surface area contributed by atoms with E-state index in [4.69, 9.17) is 5.11 Å². The predicted molar refractivity (Wildman–Crippen MR) is 66.4 cm³/mol. The molecule has 0 amide bonds. The first-order valence-electron chi connectivity index (χ1n) is 5.61. The molecule has 1 aromatic carbocycles. The molecule has 1 heterocycles. The number of nitrogens with one attached hydrogen (secondary N) is 1. The van der Waals surface area contributed by atoms with Gasteiger partial charge in [-0.1, -0.05) is 5.16 Å². The predicted octanol–water partition coefficient (Wildman–Crippen LogP) is 0.694. The maximum absolute atomic E-state index is 13.2. The number of carboxylic acids is 1. The molecule has 0 saturated carbocycles. The van der Waals surface area contributed by atoms with Gasteiger partial charge in [-0.3, -0.25) is 0 Å². The van der Waals surface area contributed by atoms with Crippen LogP contribution in [-0.2, 0) is 16.6 Å². The molecule has 1 aromatic heterocycles. The minimum Gasteiger partial charge on any atom is -0.478 e. The number of aromatic nitrogens is 2. The van der Waals surface area contributed by atoms with Crippen molar-refractivity contribution in [2.75, 3.05) is 0 Å². The molecule has 0 bridgehead atoms. The second kappa shape index (κ2) is 5.58. The highest BCUT2D eigenvalue weighted by molar-refractivity contribution is 7.89. The van der Waals surface area contributed by atoms with E-state index in [1.54, 1.807) is 6.92 Å². The third-order valence-corrected chi connectivity index (χ3v) is 3.87. The number of carbonyl (C=O) groups is 1. The van der Waals surface area contributed by atoms with Crippen molar-refractivity contribution in [1.82, 2.24) is 14.9 Å². The van der Waals surface area contributed by atoms with Gasteiger partial charge in [0.15, 0.2) is 5.82 Å². The Morgan fingerprint density at radius 1 is 1.48 bits per heavy atom. The van der Waals surface area contributed by atoms with Crippen molar-refractivity contribution in [2.24, 2.45) is 0 Å². The summed E-state index contributed by atoms with van der Waals surface area (Å²) in [5, 5.41) is 12.3. The summed E-state index contributed by atoms with van der Waals surface area (Å²) in [5.74, 6) is -2.18. The summed E-state index contributed by atoms with van der Waals surface area (Å²) in [6.45, 7) is 1.31. The van der Waals surface area contributed by atoms with Crippen LogP contribution in [0.25, 0.3) is 0 Å². The van der Waals surface area contributed by atoms with Gasteiger partial charge in [0.2, 0.25) is 15.9 Å². The molecule has 0 aliphatic heterocycles. The van der Waals surface area contributed by atoms with E-state index in [1.807, 2.05) is 0 Å². The molecular weight excluding hydrogens is 305 g/mol. The fourth-order valence-electron chi connectivity index (χ4n) is 1.49. The Kier molecular flexibility index (Phi) is 4.00. The van der Waals surface area contributed by atoms with E-state index in [9.17, 15) is 17.6 Å². The fourth-order valence-corrected chi connectivity index (χ4v) is 2.50. The van der Waals surface area contributed by atoms with Crippen molar-refractivity contribution in [3.63, 3.8) is 0 Å². The second-order valence-corrected chi connectivity index (χ2v) is 5.77. The van der Waals surface area contributed by atoms with Crippen molar-refractivity contribution in [1.29, 1.82) is 0 Å². The van der Waals surface area contributed by atoms with Gasteiger partial charge in [0.25, 0.3) is 0 Å². The van der Waals surface area contributed by atoms with Gasteiger partial charge in [-0.25, -0.2) is 22.3 Å². The zero-order valence-electron chi connectivity index (χ0n) is 10.7. The first-order valence-corrected chi connectivity index (χ1v) is 7.09. The number of hydrogen-bond donors (Lipinski definition) is 2. The number of benzene rings is 1. The number of carboxylic acid groups (broad SMARTS) is 1. The van der Waals surface area contributed by atoms with Crippen molar-refractivity contribution >= 4 is 16.0 Å². The van der Waals surface area contributed by atoms with Crippen LogP contribution in [0.1, 0.15) is 22.1 Å². The summed E-state index contributed by atoms with van der Waals surface area (Å²) in [5.41, 5.74) is -0.728. The van der Waals surface area contributed by atoms with Crippen molar-refractivity contribution in [2.45, 2.75) is 18.4 Å². The van der Waals surface area contributed by atoms with Gasteiger partial charge >= 0.3 is 5.97 Å². The minimum absolute atomic E-state index is 0.122. The Labute approximate surface area is 118 Å². The highest BCUT2D eigenvalue weighted by atomic mass is 32.2. The van der Waals surface area contributed by atoms with Crippen LogP contribution < -0.4 is 4.72 Å². The van der Waals surface area contributed by atoms with Gasteiger partial charge in [0.1, 0.15) is 5.82 Å². The molecule has 0 atom stereocenters. The van der Waals surface area contributed by atoms with Gasteiger partial charge in [-0.2, -0.15) is 4.98 Å². The highest BCUT2D eigenvalue weighted by Crippen LogP contribution is 2.15. The third kappa shape index (κ3) is 3.41. The number of aromatic carboxylic acids is 1. The molecule has 2 rings (SSSR count). The van der Waals surface area contributed by atoms with E-state index in [-0.39, 0.29) is 23.2 Å². The Bertz CT molecular complexity index is 787. The Balaban J connectivity index is 2.23. The largest absolute Gasteiger partial charge is 0.478 e. The molecule has 8 nitrogen and oxygen atoms in total. The van der Waals surface area contributed by atoms with Crippen molar-refractivity contribution < 1.29 is 27.2 Å². The number of sulfonamides is 1. The molecule has 0 aliphatic rings. The Morgan fingerprint density at radius 3 is 2.76 bits per heavy atom. The molecule has 0 fully saturated rings. The molecule has 0 radical (unpaired) electrons. The Morgan fingerprint density at radius 2 is 2.19 bits per heavy atom. The highest BCUT2D eigenvalue weighted by Gasteiger charge is 2.19. The first-order chi connectivity index (χ1) is 9.79. The maximum Gasteiger partial charge on any atom is 0.338 e. The summed E-state index contributed by atoms with van der Waals surface area (Å²) in [4.78, 5) is 14.2. The van der Waals surface area contributed by atoms with Crippen molar-refractivity contribution in [3.05, 3.63) is 41.3 Å². The summed E-state index contributed by atoms with van der Waals surface area (Å²) in [7, 11) is -4.02. The number of aryl methyl sites for hydroxylation is 1. The number of nitrogens with zero attached hydrogens (tertiary/aromatic N) is 2. The lowest BCUT2D eigenvalue weighted by atomic mass is 10.2. The number of halogens is 1. The van der Waals surface area contributed by atoms with Crippen LogP contribution in [0.5, 0.6) is 0 Å². The summed E-state index contributed by atoms with van der Waals surface area (Å²) in [6.07, 6.45) is 0. The van der Waals surface area contributed by atoms with E-state index in [1.165, 1.54) is 0 Å². The van der Waals surface area contributed by atoms with Crippen LogP contribution in [0.15, 0.2) is 27.6 Å². The third-order valence-electron chi connectivity index (χ3n) is 2.47. The van der Waals surface area contributed by atoms with E-state index in [0.29, 0.717) is 0 Å². The lowest BCUT2D eigenvalue weighted by Crippen LogP contribution is -2.24. The van der Waals surface area contributed by atoms with Crippen LogP contribution in [0.2, 0.25) is 0 Å². The van der Waals surface area contributed by atoms with Crippen LogP contribution in [0.4, 0.5) is 4.39 Å². The summed E-state index contributed by atoms with van der Waals surface area (Å²) >= 11 is 0. The monoisotopic (exact) mass is 315 g/mol. The first kappa shape index (κ1) is 15.1. The molecule has 112 valence electrons. The van der Waals surface area contributed by atoms with Crippen molar-refractivity contribution in [3.8, 4) is 0 Å². The molecule has 10 heteroatoms. The summed E-state index contributed by atoms with van der Waals surface area (Å²) in [6, 6.07) is 2.48. The van der Waals surface area contributed by atoms with E-state index in [0.717, 1.165) is 18.2 Å². The van der Waals surface area contributed by atoms with Crippen LogP contribution in [0, 0.1) is 12.7 Å². The number of hydrogen-bond acceptors (Lipinski definition) is 6. The molecule has 2 aromatic rings. The lowest BCUT2D eigenvalue weighted by molar-refractivity contribution is 0.0691. The molecule has 0 saturated heterocycles. The zero-order chi connectivity index (χ0) is 15.6. The molecule has 0 aliphatic carbocycles. The molecule has 0 unspecified atom stereocenters. The van der Waals surface area contributed by atoms with Gasteiger partial charge < -0.3 is 9.63 Å². The van der Waals surface area contributed by atoms with Gasteiger partial charge in [0, 0.05) is 6.92 Å². The lowest BCUT2D eigenvalue weighted by Gasteiger charge is -2.06. The molecule has 2 N–H and O–H groups in total. The summed E-state index contributed by atoms with van der Waals surface area (Å²) < 4.78 is 44.0. The van der Waals surface area contributed by atoms with E-state index < -0.39 is 27.4 Å². The van der Waals surface area contributed by atoms with Gasteiger partial charge in [0.05, 0.1) is 17.0 Å². The molecular formula is C11H10FN3O5S. The topological polar surface area (TPSA) is 122 Å². The van der Waals surface area contributed by atoms with Crippen LogP contribution in [-0.4, -0.2) is 29.6 Å². The maximum atomic E-state index is 13.2. The van der Waals surface area contributed by atoms with Gasteiger partial charge in [-0.05, 0) is 18.2 Å². The smallest absolute Gasteiger partial charge is 0.338 e. The minimum atomic E-state index is -4.02. The van der Waals surface area contributed by atoms with Crippen LogP contribution in [0.3, 0.4) is 0 Å². The molecule has 0 spiro atoms. The number of rotatable bonds is 5. The average molecular weight is 315 g/mol. The van der Waals surface area contributed by atoms with E-state index >= 15 is 0 Å². The fraction of sp³-hybridized carbons (Fsp3) is 0.182. The Hall–Kier alpha value is -2.33. The second-order valence-electron chi connectivity index (χ2n) is 4.00. The van der Waals surface area contributed by atoms with E-state index in [2.05, 4.69) is 19.4 Å². The SMILES string of the molecule is Cc1nc(CNS(=O)(=O)c2ccc(F)c(C(=O)O)c2)no1. The average Bonchev–Trinajstić information content (AvgIpc) is 2.82. The van der Waals surface area contributed by atoms with Gasteiger partial charge in [-0.15, -0.1) is 0 Å². The normalized spacial score (nSPS) is 11.5. The quantitative estimate of drug-likeness (QED) is 0.832. The molecule has 21 heavy (non-hydrogen) atoms. The van der Waals surface area contributed by atoms with Crippen LogP contribution >= 0.6 is 0 Å². The standard InChI is InChI=1S/C11H10FN3O5S/c1-6-14-10(15-20-6)5-13-21(18,19)7-2-3-9(12)8(4-7)11(16)17/h2-4,13H,5H2,1H3,(H,16,17).